The molecule has 1 aliphatic carbocycles. The van der Waals surface area contributed by atoms with Gasteiger partial charge < -0.3 is 14.9 Å². The van der Waals surface area contributed by atoms with Gasteiger partial charge >= 0.3 is 5.97 Å². The number of aliphatic carboxylic acids is 1. The molecule has 19 heavy (non-hydrogen) atoms. The predicted molar refractivity (Wildman–Crippen MR) is 71.0 cm³/mol. The van der Waals surface area contributed by atoms with Gasteiger partial charge in [-0.2, -0.15) is 0 Å². The van der Waals surface area contributed by atoms with Gasteiger partial charge in [-0.15, -0.1) is 0 Å². The molecule has 5 nitrogen and oxygen atoms in total. The molecule has 2 N–H and O–H groups in total. The van der Waals surface area contributed by atoms with Crippen LogP contribution in [0.15, 0.2) is 0 Å². The Morgan fingerprint density at radius 3 is 2.58 bits per heavy atom. The summed E-state index contributed by atoms with van der Waals surface area (Å²) in [7, 11) is 0. The third-order valence-corrected chi connectivity index (χ3v) is 4.52. The van der Waals surface area contributed by atoms with Crippen LogP contribution in [0.5, 0.6) is 0 Å². The molecule has 0 bridgehead atoms. The summed E-state index contributed by atoms with van der Waals surface area (Å²) in [5, 5.41) is 19.9. The highest BCUT2D eigenvalue weighted by atomic mass is 16.5. The van der Waals surface area contributed by atoms with Gasteiger partial charge in [0, 0.05) is 12.6 Å². The summed E-state index contributed by atoms with van der Waals surface area (Å²) in [4.78, 5) is 13.3. The second kappa shape index (κ2) is 6.20. The number of likely N-dealkylation sites (N-methyl/N-ethyl adjacent to an activating group) is 1. The maximum atomic E-state index is 11.2. The monoisotopic (exact) mass is 271 g/mol. The Bertz CT molecular complexity index is 315. The first-order valence-electron chi connectivity index (χ1n) is 7.33. The van der Waals surface area contributed by atoms with Crippen LogP contribution in [0.3, 0.4) is 0 Å². The van der Waals surface area contributed by atoms with E-state index in [1.165, 1.54) is 6.42 Å². The van der Waals surface area contributed by atoms with Crippen molar-refractivity contribution in [3.8, 4) is 0 Å². The number of carboxylic acids is 1. The van der Waals surface area contributed by atoms with Crippen LogP contribution in [-0.2, 0) is 9.53 Å². The molecular weight excluding hydrogens is 246 g/mol. The van der Waals surface area contributed by atoms with Gasteiger partial charge in [0.05, 0.1) is 24.7 Å². The largest absolute Gasteiger partial charge is 0.481 e. The molecule has 0 aromatic heterocycles. The molecule has 2 fully saturated rings. The summed E-state index contributed by atoms with van der Waals surface area (Å²) >= 11 is 0. The summed E-state index contributed by atoms with van der Waals surface area (Å²) in [5.41, 5.74) is -0.639. The van der Waals surface area contributed by atoms with Crippen molar-refractivity contribution in [3.05, 3.63) is 0 Å². The van der Waals surface area contributed by atoms with Crippen LogP contribution in [-0.4, -0.2) is 59.0 Å². The Kier molecular flexibility index (Phi) is 4.81. The molecule has 110 valence electrons. The minimum Gasteiger partial charge on any atom is -0.481 e. The Labute approximate surface area is 114 Å². The number of hydrogen-bond acceptors (Lipinski definition) is 4. The van der Waals surface area contributed by atoms with Gasteiger partial charge in [0.15, 0.2) is 0 Å². The fourth-order valence-electron chi connectivity index (χ4n) is 3.35. The average molecular weight is 271 g/mol. The molecule has 2 unspecified atom stereocenters. The van der Waals surface area contributed by atoms with E-state index in [-0.39, 0.29) is 12.6 Å². The van der Waals surface area contributed by atoms with Crippen LogP contribution in [0.4, 0.5) is 0 Å². The van der Waals surface area contributed by atoms with Gasteiger partial charge in [-0.25, -0.2) is 0 Å². The van der Waals surface area contributed by atoms with Gasteiger partial charge in [0.25, 0.3) is 0 Å². The highest BCUT2D eigenvalue weighted by Crippen LogP contribution is 2.31. The molecule has 2 aliphatic rings. The van der Waals surface area contributed by atoms with Crippen molar-refractivity contribution in [2.24, 2.45) is 5.92 Å². The molecule has 2 atom stereocenters. The first kappa shape index (κ1) is 14.8. The van der Waals surface area contributed by atoms with Gasteiger partial charge in [0.2, 0.25) is 0 Å². The number of hydrogen-bond donors (Lipinski definition) is 2. The quantitative estimate of drug-likeness (QED) is 0.783. The fourth-order valence-corrected chi connectivity index (χ4v) is 3.35. The van der Waals surface area contributed by atoms with E-state index in [0.29, 0.717) is 13.2 Å². The topological polar surface area (TPSA) is 70.0 Å². The minimum absolute atomic E-state index is 0.103. The van der Waals surface area contributed by atoms with Crippen LogP contribution in [0, 0.1) is 5.92 Å². The summed E-state index contributed by atoms with van der Waals surface area (Å²) in [6, 6.07) is -0.103. The molecule has 0 radical (unpaired) electrons. The SMILES string of the molecule is CCN(CC1(O)CCCCC1)C1COCC1C(=O)O. The lowest BCUT2D eigenvalue weighted by Gasteiger charge is -2.39. The number of carbonyl (C=O) groups is 1. The number of nitrogens with zero attached hydrogens (tertiary/aromatic N) is 1. The molecule has 1 aliphatic heterocycles. The van der Waals surface area contributed by atoms with Crippen molar-refractivity contribution in [1.29, 1.82) is 0 Å². The molecule has 1 saturated heterocycles. The first-order chi connectivity index (χ1) is 9.06. The predicted octanol–water partition coefficient (Wildman–Crippen LogP) is 1.10. The second-order valence-corrected chi connectivity index (χ2v) is 5.90. The maximum Gasteiger partial charge on any atom is 0.310 e. The highest BCUT2D eigenvalue weighted by molar-refractivity contribution is 5.71. The lowest BCUT2D eigenvalue weighted by molar-refractivity contribution is -0.143. The van der Waals surface area contributed by atoms with Crippen LogP contribution in [0.1, 0.15) is 39.0 Å². The molecule has 1 heterocycles. The molecule has 1 saturated carbocycles. The molecule has 0 spiro atoms. The zero-order chi connectivity index (χ0) is 13.9. The molecule has 5 heteroatoms. The third kappa shape index (κ3) is 3.46. The van der Waals surface area contributed by atoms with Gasteiger partial charge in [0.1, 0.15) is 0 Å². The molecular formula is C14H25NO4. The van der Waals surface area contributed by atoms with Crippen LogP contribution >= 0.6 is 0 Å². The minimum atomic E-state index is -0.795. The zero-order valence-corrected chi connectivity index (χ0v) is 11.7. The fraction of sp³-hybridized carbons (Fsp3) is 0.929. The normalized spacial score (nSPS) is 30.7. The van der Waals surface area contributed by atoms with Crippen LogP contribution in [0.25, 0.3) is 0 Å². The van der Waals surface area contributed by atoms with Crippen molar-refractivity contribution >= 4 is 5.97 Å². The molecule has 0 aromatic rings. The van der Waals surface area contributed by atoms with Crippen molar-refractivity contribution in [2.45, 2.75) is 50.7 Å². The Balaban J connectivity index is 2.01. The average Bonchev–Trinajstić information content (AvgIpc) is 2.86. The third-order valence-electron chi connectivity index (χ3n) is 4.52. The number of aliphatic hydroxyl groups is 1. The number of rotatable bonds is 5. The maximum absolute atomic E-state index is 11.2. The number of carboxylic acid groups (broad SMARTS) is 1. The van der Waals surface area contributed by atoms with E-state index < -0.39 is 17.5 Å². The number of ether oxygens (including phenoxy) is 1. The van der Waals surface area contributed by atoms with Crippen molar-refractivity contribution in [1.82, 2.24) is 4.90 Å². The Morgan fingerprint density at radius 2 is 2.00 bits per heavy atom. The van der Waals surface area contributed by atoms with Crippen molar-refractivity contribution < 1.29 is 19.7 Å². The standard InChI is InChI=1S/C14H25NO4/c1-2-15(10-14(18)6-4-3-5-7-14)12-9-19-8-11(12)13(16)17/h11-12,18H,2-10H2,1H3,(H,16,17). The van der Waals surface area contributed by atoms with Gasteiger partial charge in [-0.3, -0.25) is 9.69 Å². The zero-order valence-electron chi connectivity index (χ0n) is 11.7. The first-order valence-corrected chi connectivity index (χ1v) is 7.33. The van der Waals surface area contributed by atoms with E-state index in [1.807, 2.05) is 6.92 Å². The summed E-state index contributed by atoms with van der Waals surface area (Å²) in [6.45, 7) is 4.08. The van der Waals surface area contributed by atoms with Gasteiger partial charge in [-0.1, -0.05) is 26.2 Å². The van der Waals surface area contributed by atoms with E-state index in [9.17, 15) is 15.0 Å². The molecule has 0 amide bonds. The summed E-state index contributed by atoms with van der Waals surface area (Å²) in [5.74, 6) is -1.26. The Hall–Kier alpha value is -0.650. The van der Waals surface area contributed by atoms with E-state index in [2.05, 4.69) is 4.90 Å². The smallest absolute Gasteiger partial charge is 0.310 e. The van der Waals surface area contributed by atoms with Crippen LogP contribution in [0.2, 0.25) is 0 Å². The van der Waals surface area contributed by atoms with E-state index >= 15 is 0 Å². The second-order valence-electron chi connectivity index (χ2n) is 5.90. The lowest BCUT2D eigenvalue weighted by atomic mass is 9.84. The van der Waals surface area contributed by atoms with Crippen molar-refractivity contribution in [2.75, 3.05) is 26.3 Å². The lowest BCUT2D eigenvalue weighted by Crippen LogP contribution is -2.51. The molecule has 2 rings (SSSR count). The van der Waals surface area contributed by atoms with E-state index in [0.717, 1.165) is 32.2 Å². The summed E-state index contributed by atoms with van der Waals surface area (Å²) < 4.78 is 5.33. The Morgan fingerprint density at radius 1 is 1.32 bits per heavy atom. The van der Waals surface area contributed by atoms with Gasteiger partial charge in [-0.05, 0) is 19.4 Å². The molecule has 0 aromatic carbocycles. The van der Waals surface area contributed by atoms with E-state index in [1.54, 1.807) is 0 Å². The highest BCUT2D eigenvalue weighted by Gasteiger charge is 2.40. The van der Waals surface area contributed by atoms with Crippen molar-refractivity contribution in [3.63, 3.8) is 0 Å². The summed E-state index contributed by atoms with van der Waals surface area (Å²) in [6.07, 6.45) is 4.98. The van der Waals surface area contributed by atoms with Crippen LogP contribution < -0.4 is 0 Å². The van der Waals surface area contributed by atoms with E-state index in [4.69, 9.17) is 4.74 Å².